The van der Waals surface area contributed by atoms with E-state index < -0.39 is 13.4 Å². The van der Waals surface area contributed by atoms with Gasteiger partial charge in [-0.3, -0.25) is 4.57 Å². The molecule has 0 radical (unpaired) electrons. The average Bonchev–Trinajstić information content (AvgIpc) is 2.38. The van der Waals surface area contributed by atoms with Crippen LogP contribution in [0, 0.1) is 17.1 Å². The molecule has 0 bridgehead atoms. The Bertz CT molecular complexity index is 505. The Hall–Kier alpha value is -1.41. The van der Waals surface area contributed by atoms with Crippen LogP contribution in [-0.2, 0) is 13.6 Å². The third-order valence-electron chi connectivity index (χ3n) is 2.09. The summed E-state index contributed by atoms with van der Waals surface area (Å²) >= 11 is 0. The average molecular weight is 287 g/mol. The predicted molar refractivity (Wildman–Crippen MR) is 67.5 cm³/mol. The van der Waals surface area contributed by atoms with Crippen LogP contribution in [0.25, 0.3) is 0 Å². The largest absolute Gasteiger partial charge is 0.480 e. The Morgan fingerprint density at radius 3 is 2.47 bits per heavy atom. The molecule has 1 aromatic carbocycles. The van der Waals surface area contributed by atoms with Crippen LogP contribution in [-0.4, -0.2) is 19.6 Å². The van der Waals surface area contributed by atoms with E-state index in [1.807, 2.05) is 0 Å². The van der Waals surface area contributed by atoms with Crippen LogP contribution in [0.5, 0.6) is 5.75 Å². The van der Waals surface area contributed by atoms with E-state index in [0.717, 1.165) is 12.1 Å². The molecule has 1 rings (SSSR count). The summed E-state index contributed by atoms with van der Waals surface area (Å²) in [5, 5.41) is 8.85. The zero-order valence-corrected chi connectivity index (χ0v) is 11.7. The van der Waals surface area contributed by atoms with Crippen molar-refractivity contribution in [2.45, 2.75) is 13.8 Å². The van der Waals surface area contributed by atoms with Gasteiger partial charge < -0.3 is 13.8 Å². The van der Waals surface area contributed by atoms with E-state index in [2.05, 4.69) is 0 Å². The number of halogens is 1. The maximum atomic E-state index is 12.9. The van der Waals surface area contributed by atoms with Gasteiger partial charge in [-0.15, -0.1) is 0 Å². The standard InChI is InChI=1S/C12H15FNO4P/c1-3-17-19(15,18-4-2)9-16-12-6-5-11(13)7-10(12)8-14/h5-7H,3-4,9H2,1-2H3. The van der Waals surface area contributed by atoms with Crippen LogP contribution < -0.4 is 4.74 Å². The highest BCUT2D eigenvalue weighted by Crippen LogP contribution is 2.48. The summed E-state index contributed by atoms with van der Waals surface area (Å²) in [5.74, 6) is -0.398. The summed E-state index contributed by atoms with van der Waals surface area (Å²) in [6.45, 7) is 3.80. The first-order valence-electron chi connectivity index (χ1n) is 5.75. The lowest BCUT2D eigenvalue weighted by atomic mass is 10.2. The molecule has 0 unspecified atom stereocenters. The van der Waals surface area contributed by atoms with Gasteiger partial charge in [-0.1, -0.05) is 0 Å². The minimum atomic E-state index is -3.35. The quantitative estimate of drug-likeness (QED) is 0.720. The van der Waals surface area contributed by atoms with E-state index in [-0.39, 0.29) is 30.9 Å². The zero-order valence-electron chi connectivity index (χ0n) is 10.8. The molecule has 0 atom stereocenters. The van der Waals surface area contributed by atoms with Gasteiger partial charge in [0.1, 0.15) is 17.6 Å². The van der Waals surface area contributed by atoms with Gasteiger partial charge in [0.15, 0.2) is 6.35 Å². The van der Waals surface area contributed by atoms with Crippen molar-refractivity contribution in [3.8, 4) is 11.8 Å². The zero-order chi connectivity index (χ0) is 14.3. The van der Waals surface area contributed by atoms with Crippen molar-refractivity contribution in [1.29, 1.82) is 5.26 Å². The Morgan fingerprint density at radius 1 is 1.32 bits per heavy atom. The van der Waals surface area contributed by atoms with Gasteiger partial charge in [0.2, 0.25) is 0 Å². The molecule has 0 aliphatic carbocycles. The molecular formula is C12H15FNO4P. The summed E-state index contributed by atoms with van der Waals surface area (Å²) in [6, 6.07) is 5.30. The maximum absolute atomic E-state index is 12.9. The molecular weight excluding hydrogens is 272 g/mol. The Morgan fingerprint density at radius 2 is 1.95 bits per heavy atom. The highest BCUT2D eigenvalue weighted by molar-refractivity contribution is 7.53. The maximum Gasteiger partial charge on any atom is 0.367 e. The monoisotopic (exact) mass is 287 g/mol. The summed E-state index contributed by atoms with van der Waals surface area (Å²) in [7, 11) is -3.35. The third-order valence-corrected chi connectivity index (χ3v) is 3.84. The third kappa shape index (κ3) is 4.64. The van der Waals surface area contributed by atoms with Crippen LogP contribution in [0.2, 0.25) is 0 Å². The highest BCUT2D eigenvalue weighted by atomic mass is 31.2. The van der Waals surface area contributed by atoms with Gasteiger partial charge >= 0.3 is 7.60 Å². The van der Waals surface area contributed by atoms with Crippen LogP contribution in [0.4, 0.5) is 4.39 Å². The van der Waals surface area contributed by atoms with Gasteiger partial charge in [0, 0.05) is 0 Å². The van der Waals surface area contributed by atoms with E-state index in [9.17, 15) is 8.96 Å². The molecule has 0 spiro atoms. The van der Waals surface area contributed by atoms with Crippen LogP contribution in [0.3, 0.4) is 0 Å². The first kappa shape index (κ1) is 15.6. The second-order valence-corrected chi connectivity index (χ2v) is 5.47. The number of ether oxygens (including phenoxy) is 1. The summed E-state index contributed by atoms with van der Waals surface area (Å²) in [4.78, 5) is 0. The van der Waals surface area contributed by atoms with Crippen molar-refractivity contribution in [3.05, 3.63) is 29.6 Å². The minimum Gasteiger partial charge on any atom is -0.480 e. The Labute approximate surface area is 111 Å². The van der Waals surface area contributed by atoms with Crippen molar-refractivity contribution >= 4 is 7.60 Å². The second-order valence-electron chi connectivity index (χ2n) is 3.47. The number of hydrogen-bond acceptors (Lipinski definition) is 5. The fourth-order valence-corrected chi connectivity index (χ4v) is 2.68. The van der Waals surface area contributed by atoms with Crippen molar-refractivity contribution in [3.63, 3.8) is 0 Å². The van der Waals surface area contributed by atoms with Crippen molar-refractivity contribution in [2.24, 2.45) is 0 Å². The van der Waals surface area contributed by atoms with E-state index in [4.69, 9.17) is 19.0 Å². The van der Waals surface area contributed by atoms with Crippen molar-refractivity contribution < 1.29 is 22.7 Å². The number of hydrogen-bond donors (Lipinski definition) is 0. The van der Waals surface area contributed by atoms with Gasteiger partial charge in [0.05, 0.1) is 18.8 Å². The number of nitrogens with zero attached hydrogens (tertiary/aromatic N) is 1. The van der Waals surface area contributed by atoms with Gasteiger partial charge in [-0.25, -0.2) is 4.39 Å². The number of rotatable bonds is 7. The Balaban J connectivity index is 2.80. The molecule has 0 saturated heterocycles. The van der Waals surface area contributed by atoms with Crippen molar-refractivity contribution in [2.75, 3.05) is 19.6 Å². The SMILES string of the molecule is CCOP(=O)(COc1ccc(F)cc1C#N)OCC. The molecule has 7 heteroatoms. The lowest BCUT2D eigenvalue weighted by molar-refractivity contribution is 0.197. The van der Waals surface area contributed by atoms with E-state index in [1.165, 1.54) is 6.07 Å². The van der Waals surface area contributed by atoms with Gasteiger partial charge in [0.25, 0.3) is 0 Å². The molecule has 0 fully saturated rings. The van der Waals surface area contributed by atoms with E-state index >= 15 is 0 Å². The molecule has 0 saturated carbocycles. The van der Waals surface area contributed by atoms with Gasteiger partial charge in [-0.2, -0.15) is 5.26 Å². The highest BCUT2D eigenvalue weighted by Gasteiger charge is 2.25. The molecule has 0 aliphatic rings. The second kappa shape index (κ2) is 7.25. The molecule has 0 amide bonds. The molecule has 5 nitrogen and oxygen atoms in total. The van der Waals surface area contributed by atoms with E-state index in [1.54, 1.807) is 19.9 Å². The summed E-state index contributed by atoms with van der Waals surface area (Å²) in [5.41, 5.74) is 0.0274. The molecule has 0 aliphatic heterocycles. The fourth-order valence-electron chi connectivity index (χ4n) is 1.37. The molecule has 0 heterocycles. The predicted octanol–water partition coefficient (Wildman–Crippen LogP) is 3.30. The normalized spacial score (nSPS) is 11.1. The molecule has 0 N–H and O–H groups in total. The Kier molecular flexibility index (Phi) is 5.97. The van der Waals surface area contributed by atoms with Crippen LogP contribution in [0.1, 0.15) is 19.4 Å². The smallest absolute Gasteiger partial charge is 0.367 e. The first-order valence-corrected chi connectivity index (χ1v) is 7.48. The number of nitriles is 1. The van der Waals surface area contributed by atoms with Crippen LogP contribution >= 0.6 is 7.60 Å². The fraction of sp³-hybridized carbons (Fsp3) is 0.417. The van der Waals surface area contributed by atoms with Crippen molar-refractivity contribution in [1.82, 2.24) is 0 Å². The molecule has 0 aromatic heterocycles. The van der Waals surface area contributed by atoms with Crippen LogP contribution in [0.15, 0.2) is 18.2 Å². The van der Waals surface area contributed by atoms with E-state index in [0.29, 0.717) is 0 Å². The van der Waals surface area contributed by atoms with Gasteiger partial charge in [-0.05, 0) is 32.0 Å². The lowest BCUT2D eigenvalue weighted by Crippen LogP contribution is -2.06. The molecule has 1 aromatic rings. The molecule has 104 valence electrons. The molecule has 19 heavy (non-hydrogen) atoms. The lowest BCUT2D eigenvalue weighted by Gasteiger charge is -2.17. The topological polar surface area (TPSA) is 68.5 Å². The summed E-state index contributed by atoms with van der Waals surface area (Å²) in [6.07, 6.45) is -0.324. The first-order chi connectivity index (χ1) is 9.04. The number of benzene rings is 1. The minimum absolute atomic E-state index is 0.0274. The summed E-state index contributed by atoms with van der Waals surface area (Å²) < 4.78 is 40.4.